The van der Waals surface area contributed by atoms with Crippen molar-refractivity contribution in [3.8, 4) is 5.75 Å². The van der Waals surface area contributed by atoms with Crippen molar-refractivity contribution >= 4 is 17.4 Å². The Morgan fingerprint density at radius 1 is 1.15 bits per heavy atom. The van der Waals surface area contributed by atoms with Crippen LogP contribution in [-0.4, -0.2) is 41.6 Å². The number of likely N-dealkylation sites (N-methyl/N-ethyl adjacent to an activating group) is 1. The number of amides is 1. The van der Waals surface area contributed by atoms with Gasteiger partial charge in [0.05, 0.1) is 12.8 Å². The third-order valence-electron chi connectivity index (χ3n) is 4.12. The summed E-state index contributed by atoms with van der Waals surface area (Å²) in [5.41, 5.74) is 2.08. The fourth-order valence-corrected chi connectivity index (χ4v) is 2.58. The fraction of sp³-hybridized carbons (Fsp3) is 0.200. The van der Waals surface area contributed by atoms with Gasteiger partial charge in [-0.15, -0.1) is 0 Å². The first-order valence-corrected chi connectivity index (χ1v) is 8.54. The van der Waals surface area contributed by atoms with Crippen LogP contribution >= 0.6 is 0 Å². The van der Waals surface area contributed by atoms with Crippen LogP contribution in [-0.2, 0) is 6.42 Å². The number of nitrogens with zero attached hydrogens (tertiary/aromatic N) is 4. The van der Waals surface area contributed by atoms with E-state index in [0.29, 0.717) is 22.9 Å². The number of aromatic nitrogens is 3. The minimum Gasteiger partial charge on any atom is -0.495 e. The van der Waals surface area contributed by atoms with E-state index in [1.807, 2.05) is 36.2 Å². The maximum atomic E-state index is 12.6. The lowest BCUT2D eigenvalue weighted by Crippen LogP contribution is -2.23. The predicted octanol–water partition coefficient (Wildman–Crippen LogP) is 2.81. The third-order valence-corrected chi connectivity index (χ3v) is 4.12. The highest BCUT2D eigenvalue weighted by atomic mass is 16.5. The molecule has 7 heteroatoms. The molecule has 1 amide bonds. The molecule has 2 aromatic heterocycles. The quantitative estimate of drug-likeness (QED) is 0.695. The topological polar surface area (TPSA) is 80.2 Å². The zero-order chi connectivity index (χ0) is 19.1. The summed E-state index contributed by atoms with van der Waals surface area (Å²) in [6, 6.07) is 12.9. The molecular formula is C20H21N5O2. The highest BCUT2D eigenvalue weighted by Crippen LogP contribution is 2.23. The molecule has 3 rings (SSSR count). The molecule has 1 N–H and O–H groups in total. The molecule has 0 saturated carbocycles. The van der Waals surface area contributed by atoms with Crippen molar-refractivity contribution in [1.29, 1.82) is 0 Å². The first kappa shape index (κ1) is 18.3. The second-order valence-electron chi connectivity index (χ2n) is 5.94. The smallest absolute Gasteiger partial charge is 0.274 e. The van der Waals surface area contributed by atoms with Crippen molar-refractivity contribution < 1.29 is 9.53 Å². The van der Waals surface area contributed by atoms with E-state index in [2.05, 4.69) is 20.3 Å². The molecular weight excluding hydrogens is 342 g/mol. The van der Waals surface area contributed by atoms with Crippen molar-refractivity contribution in [3.63, 3.8) is 0 Å². The summed E-state index contributed by atoms with van der Waals surface area (Å²) in [5.74, 6) is 0.963. The highest BCUT2D eigenvalue weighted by Gasteiger charge is 2.13. The van der Waals surface area contributed by atoms with Gasteiger partial charge in [-0.25, -0.2) is 9.97 Å². The molecule has 0 fully saturated rings. The van der Waals surface area contributed by atoms with Gasteiger partial charge in [0.15, 0.2) is 0 Å². The minimum absolute atomic E-state index is 0.293. The van der Waals surface area contributed by atoms with E-state index in [9.17, 15) is 4.79 Å². The van der Waals surface area contributed by atoms with Crippen molar-refractivity contribution in [2.24, 2.45) is 0 Å². The number of carbonyl (C=O) groups excluding carboxylic acids is 1. The van der Waals surface area contributed by atoms with Crippen LogP contribution in [0.25, 0.3) is 0 Å². The van der Waals surface area contributed by atoms with Gasteiger partial charge in [-0.3, -0.25) is 9.78 Å². The Hall–Kier alpha value is -3.48. The van der Waals surface area contributed by atoms with Crippen molar-refractivity contribution in [2.45, 2.75) is 6.42 Å². The lowest BCUT2D eigenvalue weighted by Gasteiger charge is -2.18. The van der Waals surface area contributed by atoms with Crippen LogP contribution in [0, 0.1) is 0 Å². The molecule has 2 heterocycles. The molecule has 0 aliphatic carbocycles. The number of pyridine rings is 1. The molecule has 7 nitrogen and oxygen atoms in total. The van der Waals surface area contributed by atoms with Crippen LogP contribution in [0.4, 0.5) is 11.5 Å². The fourth-order valence-electron chi connectivity index (χ4n) is 2.58. The first-order valence-electron chi connectivity index (χ1n) is 8.54. The summed E-state index contributed by atoms with van der Waals surface area (Å²) >= 11 is 0. The minimum atomic E-state index is -0.314. The van der Waals surface area contributed by atoms with Crippen LogP contribution in [0.15, 0.2) is 61.2 Å². The lowest BCUT2D eigenvalue weighted by molar-refractivity contribution is 0.102. The number of methoxy groups -OCH3 is 1. The third kappa shape index (κ3) is 4.78. The second-order valence-corrected chi connectivity index (χ2v) is 5.94. The van der Waals surface area contributed by atoms with Gasteiger partial charge in [0.2, 0.25) is 0 Å². The van der Waals surface area contributed by atoms with Crippen molar-refractivity contribution in [1.82, 2.24) is 15.0 Å². The van der Waals surface area contributed by atoms with Gasteiger partial charge < -0.3 is 15.0 Å². The summed E-state index contributed by atoms with van der Waals surface area (Å²) in [4.78, 5) is 26.9. The molecule has 0 atom stereocenters. The average Bonchev–Trinajstić information content (AvgIpc) is 2.73. The molecule has 138 valence electrons. The largest absolute Gasteiger partial charge is 0.495 e. The Kier molecular flexibility index (Phi) is 5.94. The number of ether oxygens (including phenoxy) is 1. The van der Waals surface area contributed by atoms with E-state index < -0.39 is 0 Å². The lowest BCUT2D eigenvalue weighted by atomic mass is 10.2. The molecule has 0 aliphatic heterocycles. The van der Waals surface area contributed by atoms with Crippen LogP contribution in [0.2, 0.25) is 0 Å². The monoisotopic (exact) mass is 363 g/mol. The van der Waals surface area contributed by atoms with Crippen molar-refractivity contribution in [3.05, 3.63) is 72.4 Å². The normalized spacial score (nSPS) is 10.3. The maximum Gasteiger partial charge on any atom is 0.274 e. The number of benzene rings is 1. The van der Waals surface area contributed by atoms with Gasteiger partial charge in [-0.05, 0) is 36.2 Å². The summed E-state index contributed by atoms with van der Waals surface area (Å²) in [7, 11) is 3.50. The zero-order valence-corrected chi connectivity index (χ0v) is 15.3. The number of hydrogen-bond acceptors (Lipinski definition) is 6. The average molecular weight is 363 g/mol. The van der Waals surface area contributed by atoms with E-state index >= 15 is 0 Å². The maximum absolute atomic E-state index is 12.6. The SMILES string of the molecule is COc1ccccc1NC(=O)c1cc(N(C)CCc2ccncc2)ncn1. The van der Waals surface area contributed by atoms with Gasteiger partial charge >= 0.3 is 0 Å². The molecule has 3 aromatic rings. The van der Waals surface area contributed by atoms with Gasteiger partial charge in [-0.2, -0.15) is 0 Å². The number of carbonyl (C=O) groups is 1. The Balaban J connectivity index is 1.68. The molecule has 0 saturated heterocycles. The molecule has 0 bridgehead atoms. The van der Waals surface area contributed by atoms with Gasteiger partial charge in [0, 0.05) is 32.1 Å². The predicted molar refractivity (Wildman–Crippen MR) is 104 cm³/mol. The summed E-state index contributed by atoms with van der Waals surface area (Å²) in [5, 5.41) is 2.82. The number of nitrogens with one attached hydrogen (secondary N) is 1. The number of rotatable bonds is 7. The van der Waals surface area contributed by atoms with E-state index in [1.165, 1.54) is 11.9 Å². The van der Waals surface area contributed by atoms with Crippen LogP contribution in [0.5, 0.6) is 5.75 Å². The number of hydrogen-bond donors (Lipinski definition) is 1. The Bertz CT molecular complexity index is 902. The summed E-state index contributed by atoms with van der Waals surface area (Å²) in [6.45, 7) is 0.759. The van der Waals surface area contributed by atoms with E-state index in [0.717, 1.165) is 13.0 Å². The standard InChI is InChI=1S/C20H21N5O2/c1-25(12-9-15-7-10-21-11-8-15)19-13-17(22-14-23-19)20(26)24-16-5-3-4-6-18(16)27-2/h3-8,10-11,13-14H,9,12H2,1-2H3,(H,24,26). The highest BCUT2D eigenvalue weighted by molar-refractivity contribution is 6.04. The van der Waals surface area contributed by atoms with Crippen LogP contribution in [0.1, 0.15) is 16.1 Å². The molecule has 0 unspecified atom stereocenters. The molecule has 27 heavy (non-hydrogen) atoms. The summed E-state index contributed by atoms with van der Waals surface area (Å²) in [6.07, 6.45) is 5.81. The van der Waals surface area contributed by atoms with E-state index in [4.69, 9.17) is 4.74 Å². The Morgan fingerprint density at radius 3 is 2.70 bits per heavy atom. The number of para-hydroxylation sites is 2. The molecule has 0 radical (unpaired) electrons. The molecule has 0 spiro atoms. The zero-order valence-electron chi connectivity index (χ0n) is 15.3. The summed E-state index contributed by atoms with van der Waals surface area (Å²) < 4.78 is 5.26. The van der Waals surface area contributed by atoms with Gasteiger partial charge in [-0.1, -0.05) is 12.1 Å². The Labute approximate surface area is 158 Å². The van der Waals surface area contributed by atoms with E-state index in [-0.39, 0.29) is 5.91 Å². The number of anilines is 2. The first-order chi connectivity index (χ1) is 13.2. The van der Waals surface area contributed by atoms with Crippen LogP contribution < -0.4 is 15.0 Å². The Morgan fingerprint density at radius 2 is 1.93 bits per heavy atom. The van der Waals surface area contributed by atoms with Gasteiger partial charge in [0.25, 0.3) is 5.91 Å². The second kappa shape index (κ2) is 8.75. The van der Waals surface area contributed by atoms with Crippen LogP contribution in [0.3, 0.4) is 0 Å². The van der Waals surface area contributed by atoms with Crippen molar-refractivity contribution in [2.75, 3.05) is 30.9 Å². The van der Waals surface area contributed by atoms with Gasteiger partial charge in [0.1, 0.15) is 23.6 Å². The molecule has 1 aromatic carbocycles. The molecule has 0 aliphatic rings. The van der Waals surface area contributed by atoms with E-state index in [1.54, 1.807) is 37.7 Å².